The molecule has 1 aromatic rings. The maximum Gasteiger partial charge on any atom is 0.284 e. The smallest absolute Gasteiger partial charge is 0.284 e. The molecule has 0 bridgehead atoms. The Balaban J connectivity index is 2.94. The molecule has 0 spiro atoms. The summed E-state index contributed by atoms with van der Waals surface area (Å²) in [5, 5.41) is 25.8. The molecule has 0 radical (unpaired) electrons. The van der Waals surface area contributed by atoms with Crippen molar-refractivity contribution in [3.63, 3.8) is 0 Å². The SMILES string of the molecule is NC(=NN=Cc1ccc(Br)c([N+](=O)[O-])c1)NO. The first-order chi connectivity index (χ1) is 8.04. The molecule has 0 atom stereocenters. The van der Waals surface area contributed by atoms with Crippen LogP contribution < -0.4 is 11.2 Å². The minimum atomic E-state index is -0.520. The van der Waals surface area contributed by atoms with Gasteiger partial charge in [-0.15, -0.1) is 5.10 Å². The van der Waals surface area contributed by atoms with Crippen LogP contribution in [0.5, 0.6) is 0 Å². The minimum absolute atomic E-state index is 0.0776. The Morgan fingerprint density at radius 2 is 2.35 bits per heavy atom. The van der Waals surface area contributed by atoms with Crippen LogP contribution in [0.4, 0.5) is 5.69 Å². The molecule has 1 rings (SSSR count). The molecule has 0 fully saturated rings. The summed E-state index contributed by atoms with van der Waals surface area (Å²) >= 11 is 3.06. The molecule has 4 N–H and O–H groups in total. The van der Waals surface area contributed by atoms with Gasteiger partial charge in [-0.2, -0.15) is 5.10 Å². The number of halogens is 1. The Morgan fingerprint density at radius 1 is 1.65 bits per heavy atom. The van der Waals surface area contributed by atoms with Gasteiger partial charge in [-0.1, -0.05) is 6.07 Å². The Bertz CT molecular complexity index is 488. The average molecular weight is 302 g/mol. The van der Waals surface area contributed by atoms with Gasteiger partial charge in [0, 0.05) is 11.6 Å². The molecular weight excluding hydrogens is 294 g/mol. The van der Waals surface area contributed by atoms with Crippen molar-refractivity contribution in [2.24, 2.45) is 15.9 Å². The largest absolute Gasteiger partial charge is 0.367 e. The molecule has 0 aliphatic carbocycles. The Kier molecular flexibility index (Phi) is 4.55. The van der Waals surface area contributed by atoms with E-state index in [1.54, 1.807) is 11.5 Å². The number of nitro groups is 1. The summed E-state index contributed by atoms with van der Waals surface area (Å²) in [4.78, 5) is 10.1. The predicted molar refractivity (Wildman–Crippen MR) is 64.9 cm³/mol. The van der Waals surface area contributed by atoms with Crippen LogP contribution in [0.3, 0.4) is 0 Å². The molecule has 0 unspecified atom stereocenters. The molecular formula is C8H8BrN5O3. The summed E-state index contributed by atoms with van der Waals surface area (Å²) < 4.78 is 0.375. The van der Waals surface area contributed by atoms with Crippen molar-refractivity contribution in [2.75, 3.05) is 0 Å². The molecule has 0 saturated heterocycles. The van der Waals surface area contributed by atoms with Crippen molar-refractivity contribution in [3.05, 3.63) is 38.3 Å². The number of nitrogens with two attached hydrogens (primary N) is 1. The van der Waals surface area contributed by atoms with Gasteiger partial charge in [0.15, 0.2) is 0 Å². The van der Waals surface area contributed by atoms with Gasteiger partial charge in [0.2, 0.25) is 5.96 Å². The third-order valence-corrected chi connectivity index (χ3v) is 2.32. The van der Waals surface area contributed by atoms with E-state index in [1.165, 1.54) is 18.3 Å². The molecule has 0 aliphatic heterocycles. The molecule has 0 amide bonds. The number of nitro benzene ring substituents is 1. The summed E-state index contributed by atoms with van der Waals surface area (Å²) in [6.07, 6.45) is 1.27. The van der Waals surface area contributed by atoms with Crippen molar-refractivity contribution in [1.29, 1.82) is 0 Å². The molecule has 90 valence electrons. The third kappa shape index (κ3) is 3.81. The lowest BCUT2D eigenvalue weighted by Gasteiger charge is -1.96. The second kappa shape index (κ2) is 5.92. The zero-order valence-corrected chi connectivity index (χ0v) is 9.96. The van der Waals surface area contributed by atoms with Crippen molar-refractivity contribution >= 4 is 33.8 Å². The lowest BCUT2D eigenvalue weighted by atomic mass is 10.2. The highest BCUT2D eigenvalue weighted by Gasteiger charge is 2.11. The molecule has 0 saturated carbocycles. The fourth-order valence-corrected chi connectivity index (χ4v) is 1.32. The highest BCUT2D eigenvalue weighted by atomic mass is 79.9. The van der Waals surface area contributed by atoms with Crippen LogP contribution in [0.1, 0.15) is 5.56 Å². The quantitative estimate of drug-likeness (QED) is 0.332. The van der Waals surface area contributed by atoms with Gasteiger partial charge >= 0.3 is 0 Å². The summed E-state index contributed by atoms with van der Waals surface area (Å²) in [5.41, 5.74) is 7.09. The maximum atomic E-state index is 10.6. The number of nitrogens with one attached hydrogen (secondary N) is 1. The number of hydrogen-bond donors (Lipinski definition) is 3. The monoisotopic (exact) mass is 301 g/mol. The zero-order chi connectivity index (χ0) is 12.8. The van der Waals surface area contributed by atoms with Gasteiger partial charge in [-0.05, 0) is 22.0 Å². The van der Waals surface area contributed by atoms with E-state index in [0.29, 0.717) is 10.0 Å². The normalized spacial score (nSPS) is 11.8. The first-order valence-electron chi connectivity index (χ1n) is 4.25. The van der Waals surface area contributed by atoms with Gasteiger partial charge in [-0.3, -0.25) is 15.3 Å². The standard InChI is InChI=1S/C8H8BrN5O3/c9-6-2-1-5(3-7(6)14(16)17)4-11-12-8(10)13-15/h1-4,15H,(H3,10,12,13). The topological polar surface area (TPSA) is 126 Å². The van der Waals surface area contributed by atoms with Crippen LogP contribution in [-0.4, -0.2) is 22.3 Å². The first kappa shape index (κ1) is 13.1. The highest BCUT2D eigenvalue weighted by Crippen LogP contribution is 2.24. The van der Waals surface area contributed by atoms with Crippen molar-refractivity contribution in [2.45, 2.75) is 0 Å². The summed E-state index contributed by atoms with van der Waals surface area (Å²) in [7, 11) is 0. The molecule has 0 aliphatic rings. The molecule has 0 aromatic heterocycles. The molecule has 17 heavy (non-hydrogen) atoms. The molecule has 1 aromatic carbocycles. The predicted octanol–water partition coefficient (Wildman–Crippen LogP) is 0.985. The zero-order valence-electron chi connectivity index (χ0n) is 8.37. The van der Waals surface area contributed by atoms with E-state index in [9.17, 15) is 10.1 Å². The lowest BCUT2D eigenvalue weighted by molar-refractivity contribution is -0.385. The van der Waals surface area contributed by atoms with E-state index in [1.807, 2.05) is 0 Å². The van der Waals surface area contributed by atoms with Crippen LogP contribution in [-0.2, 0) is 0 Å². The summed E-state index contributed by atoms with van der Waals surface area (Å²) in [6.45, 7) is 0. The van der Waals surface area contributed by atoms with Gasteiger partial charge in [0.25, 0.3) is 5.69 Å². The summed E-state index contributed by atoms with van der Waals surface area (Å²) in [6, 6.07) is 4.46. The average Bonchev–Trinajstić information content (AvgIpc) is 2.30. The fraction of sp³-hybridized carbons (Fsp3) is 0. The van der Waals surface area contributed by atoms with Gasteiger partial charge in [-0.25, -0.2) is 5.48 Å². The Hall–Kier alpha value is -2.00. The second-order valence-corrected chi connectivity index (χ2v) is 3.66. The molecule has 0 heterocycles. The van der Waals surface area contributed by atoms with Crippen LogP contribution in [0.15, 0.2) is 32.9 Å². The van der Waals surface area contributed by atoms with Gasteiger partial charge < -0.3 is 5.73 Å². The molecule has 9 heteroatoms. The van der Waals surface area contributed by atoms with Gasteiger partial charge in [0.05, 0.1) is 15.6 Å². The molecule has 8 nitrogen and oxygen atoms in total. The number of rotatable bonds is 3. The van der Waals surface area contributed by atoms with E-state index in [0.717, 1.165) is 0 Å². The highest BCUT2D eigenvalue weighted by molar-refractivity contribution is 9.10. The second-order valence-electron chi connectivity index (χ2n) is 2.81. The van der Waals surface area contributed by atoms with Gasteiger partial charge in [0.1, 0.15) is 0 Å². The minimum Gasteiger partial charge on any atom is -0.367 e. The van der Waals surface area contributed by atoms with Crippen LogP contribution >= 0.6 is 15.9 Å². The van der Waals surface area contributed by atoms with E-state index in [-0.39, 0.29) is 11.6 Å². The van der Waals surface area contributed by atoms with Crippen LogP contribution in [0, 0.1) is 10.1 Å². The number of hydroxylamine groups is 1. The number of benzene rings is 1. The van der Waals surface area contributed by atoms with E-state index in [2.05, 4.69) is 26.1 Å². The van der Waals surface area contributed by atoms with Crippen molar-refractivity contribution in [1.82, 2.24) is 5.48 Å². The van der Waals surface area contributed by atoms with E-state index >= 15 is 0 Å². The fourth-order valence-electron chi connectivity index (χ4n) is 0.930. The van der Waals surface area contributed by atoms with Crippen LogP contribution in [0.25, 0.3) is 0 Å². The summed E-state index contributed by atoms with van der Waals surface area (Å²) in [5.74, 6) is -0.284. The lowest BCUT2D eigenvalue weighted by Crippen LogP contribution is -2.27. The number of guanidine groups is 1. The van der Waals surface area contributed by atoms with E-state index < -0.39 is 4.92 Å². The maximum absolute atomic E-state index is 10.6. The van der Waals surface area contributed by atoms with Crippen molar-refractivity contribution in [3.8, 4) is 0 Å². The van der Waals surface area contributed by atoms with E-state index in [4.69, 9.17) is 10.9 Å². The van der Waals surface area contributed by atoms with Crippen LogP contribution in [0.2, 0.25) is 0 Å². The Morgan fingerprint density at radius 3 is 2.94 bits per heavy atom. The third-order valence-electron chi connectivity index (χ3n) is 1.65. The number of nitrogens with zero attached hydrogens (tertiary/aromatic N) is 3. The van der Waals surface area contributed by atoms with Crippen molar-refractivity contribution < 1.29 is 10.1 Å². The Labute approximate surface area is 104 Å². The number of hydrogen-bond acceptors (Lipinski definition) is 5. The first-order valence-corrected chi connectivity index (χ1v) is 5.04.